The molecule has 0 aliphatic carbocycles. The monoisotopic (exact) mass is 360 g/mol. The second kappa shape index (κ2) is 6.42. The second-order valence-electron chi connectivity index (χ2n) is 5.73. The van der Waals surface area contributed by atoms with E-state index in [0.717, 1.165) is 16.3 Å². The van der Waals surface area contributed by atoms with E-state index in [-0.39, 0.29) is 6.04 Å². The molecule has 1 atom stereocenters. The molecule has 1 heterocycles. The number of sulfone groups is 1. The van der Waals surface area contributed by atoms with Gasteiger partial charge in [0, 0.05) is 17.7 Å². The van der Waals surface area contributed by atoms with Gasteiger partial charge in [-0.3, -0.25) is 0 Å². The first-order valence-corrected chi connectivity index (χ1v) is 9.73. The van der Waals surface area contributed by atoms with E-state index in [1.807, 2.05) is 37.3 Å². The smallest absolute Gasteiger partial charge is 0.175 e. The molecule has 24 heavy (non-hydrogen) atoms. The van der Waals surface area contributed by atoms with Gasteiger partial charge in [-0.05, 0) is 36.1 Å². The molecule has 0 aliphatic heterocycles. The van der Waals surface area contributed by atoms with E-state index < -0.39 is 9.84 Å². The lowest BCUT2D eigenvalue weighted by Crippen LogP contribution is -2.08. The van der Waals surface area contributed by atoms with Crippen LogP contribution in [0.1, 0.15) is 18.5 Å². The van der Waals surface area contributed by atoms with Gasteiger partial charge >= 0.3 is 0 Å². The van der Waals surface area contributed by atoms with E-state index in [2.05, 4.69) is 10.3 Å². The number of fused-ring (bicyclic) bond motifs is 1. The van der Waals surface area contributed by atoms with Gasteiger partial charge in [0.1, 0.15) is 11.0 Å². The lowest BCUT2D eigenvalue weighted by atomic mass is 10.1. The molecular formula is C18H17ClN2O2S. The molecule has 0 aliphatic rings. The molecule has 0 spiro atoms. The molecule has 0 amide bonds. The fraction of sp³-hybridized carbons (Fsp3) is 0.167. The zero-order chi connectivity index (χ0) is 17.3. The zero-order valence-corrected chi connectivity index (χ0v) is 14.9. The predicted octanol–water partition coefficient (Wildman–Crippen LogP) is 4.46. The van der Waals surface area contributed by atoms with E-state index in [0.29, 0.717) is 15.9 Å². The Morgan fingerprint density at radius 3 is 2.42 bits per heavy atom. The molecule has 1 N–H and O–H groups in total. The first kappa shape index (κ1) is 16.7. The van der Waals surface area contributed by atoms with Crippen LogP contribution in [0, 0.1) is 0 Å². The molecule has 3 rings (SSSR count). The highest BCUT2D eigenvalue weighted by Gasteiger charge is 2.11. The number of rotatable bonds is 4. The summed E-state index contributed by atoms with van der Waals surface area (Å²) in [6.07, 6.45) is 1.20. The minimum absolute atomic E-state index is 0.0386. The average Bonchev–Trinajstić information content (AvgIpc) is 2.54. The van der Waals surface area contributed by atoms with Crippen molar-refractivity contribution in [1.29, 1.82) is 0 Å². The van der Waals surface area contributed by atoms with Gasteiger partial charge in [-0.2, -0.15) is 0 Å². The summed E-state index contributed by atoms with van der Waals surface area (Å²) in [5.74, 6) is 0.679. The molecule has 4 nitrogen and oxygen atoms in total. The van der Waals surface area contributed by atoms with Gasteiger partial charge in [0.2, 0.25) is 0 Å². The summed E-state index contributed by atoms with van der Waals surface area (Å²) in [5.41, 5.74) is 0.966. The normalized spacial score (nSPS) is 13.0. The van der Waals surface area contributed by atoms with Crippen molar-refractivity contribution >= 4 is 38.0 Å². The lowest BCUT2D eigenvalue weighted by molar-refractivity contribution is 0.602. The fourth-order valence-electron chi connectivity index (χ4n) is 2.54. The van der Waals surface area contributed by atoms with Crippen LogP contribution in [0.15, 0.2) is 59.5 Å². The summed E-state index contributed by atoms with van der Waals surface area (Å²) in [4.78, 5) is 4.69. The van der Waals surface area contributed by atoms with Crippen molar-refractivity contribution in [3.63, 3.8) is 0 Å². The summed E-state index contributed by atoms with van der Waals surface area (Å²) >= 11 is 6.24. The SMILES string of the molecule is CC(Nc1cc2ccccc2c(Cl)n1)c1ccc(S(C)(=O)=O)cc1. The largest absolute Gasteiger partial charge is 0.363 e. The van der Waals surface area contributed by atoms with Crippen LogP contribution in [-0.4, -0.2) is 19.7 Å². The number of benzene rings is 2. The van der Waals surface area contributed by atoms with Gasteiger partial charge < -0.3 is 5.32 Å². The van der Waals surface area contributed by atoms with Crippen molar-refractivity contribution < 1.29 is 8.42 Å². The molecule has 0 bridgehead atoms. The van der Waals surface area contributed by atoms with Crippen molar-refractivity contribution in [3.05, 3.63) is 65.3 Å². The number of halogens is 1. The van der Waals surface area contributed by atoms with Gasteiger partial charge in [0.15, 0.2) is 9.84 Å². The molecule has 2 aromatic carbocycles. The topological polar surface area (TPSA) is 59.1 Å². The van der Waals surface area contributed by atoms with Crippen LogP contribution in [0.5, 0.6) is 0 Å². The number of nitrogens with zero attached hydrogens (tertiary/aromatic N) is 1. The summed E-state index contributed by atoms with van der Waals surface area (Å²) in [5, 5.41) is 5.68. The number of aromatic nitrogens is 1. The number of hydrogen-bond donors (Lipinski definition) is 1. The van der Waals surface area contributed by atoms with E-state index in [9.17, 15) is 8.42 Å². The zero-order valence-electron chi connectivity index (χ0n) is 13.3. The summed E-state index contributed by atoms with van der Waals surface area (Å²) in [6.45, 7) is 1.99. The Morgan fingerprint density at radius 2 is 1.75 bits per heavy atom. The molecule has 1 aromatic heterocycles. The van der Waals surface area contributed by atoms with Gasteiger partial charge in [-0.25, -0.2) is 13.4 Å². The number of pyridine rings is 1. The van der Waals surface area contributed by atoms with Crippen LogP contribution >= 0.6 is 11.6 Å². The molecule has 6 heteroatoms. The van der Waals surface area contributed by atoms with Gasteiger partial charge in [-0.1, -0.05) is 48.0 Å². The highest BCUT2D eigenvalue weighted by atomic mass is 35.5. The third kappa shape index (κ3) is 3.52. The molecule has 0 saturated heterocycles. The summed E-state index contributed by atoms with van der Waals surface area (Å²) in [6, 6.07) is 16.5. The minimum atomic E-state index is -3.18. The maximum Gasteiger partial charge on any atom is 0.175 e. The van der Waals surface area contributed by atoms with Crippen LogP contribution in [0.4, 0.5) is 5.82 Å². The van der Waals surface area contributed by atoms with Crippen LogP contribution in [0.3, 0.4) is 0 Å². The average molecular weight is 361 g/mol. The maximum absolute atomic E-state index is 11.5. The molecule has 0 radical (unpaired) electrons. The van der Waals surface area contributed by atoms with Crippen molar-refractivity contribution in [2.24, 2.45) is 0 Å². The van der Waals surface area contributed by atoms with Crippen LogP contribution in [0.2, 0.25) is 5.15 Å². The number of hydrogen-bond acceptors (Lipinski definition) is 4. The summed E-state index contributed by atoms with van der Waals surface area (Å²) in [7, 11) is -3.18. The molecule has 1 unspecified atom stereocenters. The highest BCUT2D eigenvalue weighted by Crippen LogP contribution is 2.27. The van der Waals surface area contributed by atoms with Gasteiger partial charge in [-0.15, -0.1) is 0 Å². The predicted molar refractivity (Wildman–Crippen MR) is 98.3 cm³/mol. The van der Waals surface area contributed by atoms with E-state index in [1.165, 1.54) is 6.26 Å². The van der Waals surface area contributed by atoms with E-state index >= 15 is 0 Å². The first-order chi connectivity index (χ1) is 11.3. The molecule has 124 valence electrons. The molecule has 0 saturated carbocycles. The first-order valence-electron chi connectivity index (χ1n) is 7.46. The Hall–Kier alpha value is -2.11. The third-order valence-electron chi connectivity index (χ3n) is 3.87. The van der Waals surface area contributed by atoms with Crippen molar-refractivity contribution in [1.82, 2.24) is 4.98 Å². The standard InChI is InChI=1S/C18H17ClN2O2S/c1-12(13-7-9-15(10-8-13)24(2,22)23)20-17-11-14-5-3-4-6-16(14)18(19)21-17/h3-12H,1-2H3,(H,20,21). The summed E-state index contributed by atoms with van der Waals surface area (Å²) < 4.78 is 23.1. The fourth-order valence-corrected chi connectivity index (χ4v) is 3.43. The van der Waals surface area contributed by atoms with Crippen molar-refractivity contribution in [2.75, 3.05) is 11.6 Å². The maximum atomic E-state index is 11.5. The van der Waals surface area contributed by atoms with Crippen LogP contribution < -0.4 is 5.32 Å². The Bertz CT molecular complexity index is 986. The third-order valence-corrected chi connectivity index (χ3v) is 5.28. The molecular weight excluding hydrogens is 344 g/mol. The second-order valence-corrected chi connectivity index (χ2v) is 8.10. The Labute approximate surface area is 146 Å². The molecule has 0 fully saturated rings. The van der Waals surface area contributed by atoms with Crippen molar-refractivity contribution in [3.8, 4) is 0 Å². The lowest BCUT2D eigenvalue weighted by Gasteiger charge is -2.16. The quantitative estimate of drug-likeness (QED) is 0.697. The Balaban J connectivity index is 1.85. The number of anilines is 1. The van der Waals surface area contributed by atoms with Gasteiger partial charge in [0.05, 0.1) is 4.90 Å². The molecule has 3 aromatic rings. The highest BCUT2D eigenvalue weighted by molar-refractivity contribution is 7.90. The Kier molecular flexibility index (Phi) is 4.47. The number of nitrogens with one attached hydrogen (secondary N) is 1. The van der Waals surface area contributed by atoms with Crippen molar-refractivity contribution in [2.45, 2.75) is 17.9 Å². The Morgan fingerprint density at radius 1 is 1.08 bits per heavy atom. The minimum Gasteiger partial charge on any atom is -0.363 e. The van der Waals surface area contributed by atoms with E-state index in [1.54, 1.807) is 24.3 Å². The van der Waals surface area contributed by atoms with E-state index in [4.69, 9.17) is 11.6 Å². The van der Waals surface area contributed by atoms with Gasteiger partial charge in [0.25, 0.3) is 0 Å². The van der Waals surface area contributed by atoms with Crippen LogP contribution in [-0.2, 0) is 9.84 Å². The van der Waals surface area contributed by atoms with Crippen LogP contribution in [0.25, 0.3) is 10.8 Å².